The number of amides is 1. The molecule has 1 heterocycles. The fourth-order valence-electron chi connectivity index (χ4n) is 2.51. The molecule has 2 unspecified atom stereocenters. The number of ether oxygens (including phenoxy) is 1. The summed E-state index contributed by atoms with van der Waals surface area (Å²) >= 11 is 1.68. The Morgan fingerprint density at radius 2 is 2.14 bits per heavy atom. The molecular formula is C15H23ClN2O2S. The van der Waals surface area contributed by atoms with E-state index in [9.17, 15) is 4.79 Å². The number of hydrogen-bond acceptors (Lipinski definition) is 4. The second-order valence-electron chi connectivity index (χ2n) is 5.00. The van der Waals surface area contributed by atoms with Crippen LogP contribution in [0.25, 0.3) is 0 Å². The Bertz CT molecular complexity index is 455. The molecule has 6 heteroatoms. The minimum Gasteiger partial charge on any atom is -0.481 e. The molecule has 0 aromatic heterocycles. The predicted octanol–water partition coefficient (Wildman–Crippen LogP) is 2.55. The predicted molar refractivity (Wildman–Crippen MR) is 89.4 cm³/mol. The van der Waals surface area contributed by atoms with Gasteiger partial charge in [0.05, 0.1) is 0 Å². The van der Waals surface area contributed by atoms with Gasteiger partial charge in [0.25, 0.3) is 5.91 Å². The fraction of sp³-hybridized carbons (Fsp3) is 0.533. The minimum absolute atomic E-state index is 0. The molecule has 2 atom stereocenters. The molecule has 0 saturated carbocycles. The highest BCUT2D eigenvalue weighted by atomic mass is 35.5. The highest BCUT2D eigenvalue weighted by Crippen LogP contribution is 2.22. The van der Waals surface area contributed by atoms with Crippen LogP contribution < -0.4 is 10.5 Å². The van der Waals surface area contributed by atoms with Gasteiger partial charge in [-0.15, -0.1) is 24.2 Å². The van der Waals surface area contributed by atoms with Crippen molar-refractivity contribution < 1.29 is 9.53 Å². The number of benzene rings is 1. The van der Waals surface area contributed by atoms with Crippen LogP contribution in [0.3, 0.4) is 0 Å². The molecule has 1 aromatic rings. The number of rotatable bonds is 5. The second-order valence-corrected chi connectivity index (χ2v) is 5.88. The zero-order valence-corrected chi connectivity index (χ0v) is 14.1. The minimum atomic E-state index is -0.470. The van der Waals surface area contributed by atoms with Crippen LogP contribution in [0.4, 0.5) is 0 Å². The molecular weight excluding hydrogens is 308 g/mol. The number of likely N-dealkylation sites (tertiary alicyclic amines) is 1. The first-order valence-corrected chi connectivity index (χ1v) is 8.19. The molecule has 2 N–H and O–H groups in total. The van der Waals surface area contributed by atoms with Gasteiger partial charge in [0.15, 0.2) is 6.10 Å². The highest BCUT2D eigenvalue weighted by Gasteiger charge is 2.31. The van der Waals surface area contributed by atoms with Gasteiger partial charge in [-0.05, 0) is 50.3 Å². The van der Waals surface area contributed by atoms with E-state index in [1.54, 1.807) is 18.7 Å². The van der Waals surface area contributed by atoms with Crippen LogP contribution in [-0.2, 0) is 4.79 Å². The smallest absolute Gasteiger partial charge is 0.263 e. The Morgan fingerprint density at radius 1 is 1.48 bits per heavy atom. The van der Waals surface area contributed by atoms with Crippen molar-refractivity contribution in [3.63, 3.8) is 0 Å². The SMILES string of the molecule is CSc1ccc(OC(C)C(=O)N2CCCC2CN)cc1.Cl. The summed E-state index contributed by atoms with van der Waals surface area (Å²) in [5.41, 5.74) is 5.71. The highest BCUT2D eigenvalue weighted by molar-refractivity contribution is 7.98. The third kappa shape index (κ3) is 4.53. The number of halogens is 1. The van der Waals surface area contributed by atoms with E-state index >= 15 is 0 Å². The molecule has 21 heavy (non-hydrogen) atoms. The Balaban J connectivity index is 0.00000220. The van der Waals surface area contributed by atoms with Crippen LogP contribution in [-0.4, -0.2) is 42.3 Å². The van der Waals surface area contributed by atoms with Crippen LogP contribution >= 0.6 is 24.2 Å². The number of nitrogens with two attached hydrogens (primary N) is 1. The number of thioether (sulfide) groups is 1. The molecule has 0 aliphatic carbocycles. The van der Waals surface area contributed by atoms with Gasteiger partial charge in [-0.2, -0.15) is 0 Å². The van der Waals surface area contributed by atoms with E-state index in [-0.39, 0.29) is 24.4 Å². The van der Waals surface area contributed by atoms with Crippen molar-refractivity contribution in [2.24, 2.45) is 5.73 Å². The lowest BCUT2D eigenvalue weighted by molar-refractivity contribution is -0.138. The molecule has 1 fully saturated rings. The number of carbonyl (C=O) groups is 1. The van der Waals surface area contributed by atoms with Crippen molar-refractivity contribution >= 4 is 30.1 Å². The van der Waals surface area contributed by atoms with E-state index in [1.165, 1.54) is 4.90 Å². The first-order valence-electron chi connectivity index (χ1n) is 6.97. The van der Waals surface area contributed by atoms with Crippen LogP contribution in [0.5, 0.6) is 5.75 Å². The number of hydrogen-bond donors (Lipinski definition) is 1. The number of carbonyl (C=O) groups excluding carboxylic acids is 1. The van der Waals surface area contributed by atoms with Gasteiger partial charge in [-0.25, -0.2) is 0 Å². The average molecular weight is 331 g/mol. The summed E-state index contributed by atoms with van der Waals surface area (Å²) in [7, 11) is 0. The summed E-state index contributed by atoms with van der Waals surface area (Å²) in [4.78, 5) is 15.4. The maximum absolute atomic E-state index is 12.4. The Kier molecular flexibility index (Phi) is 7.35. The van der Waals surface area contributed by atoms with Crippen molar-refractivity contribution in [1.82, 2.24) is 4.90 Å². The molecule has 2 rings (SSSR count). The van der Waals surface area contributed by atoms with Gasteiger partial charge in [0, 0.05) is 24.0 Å². The molecule has 1 aliphatic rings. The quantitative estimate of drug-likeness (QED) is 0.843. The van der Waals surface area contributed by atoms with Crippen molar-refractivity contribution in [2.75, 3.05) is 19.3 Å². The lowest BCUT2D eigenvalue weighted by atomic mass is 10.2. The van der Waals surface area contributed by atoms with E-state index in [2.05, 4.69) is 0 Å². The zero-order chi connectivity index (χ0) is 14.5. The van der Waals surface area contributed by atoms with Crippen molar-refractivity contribution in [3.05, 3.63) is 24.3 Å². The number of nitrogens with zero attached hydrogens (tertiary/aromatic N) is 1. The average Bonchev–Trinajstić information content (AvgIpc) is 2.95. The van der Waals surface area contributed by atoms with Gasteiger partial charge in [0.1, 0.15) is 5.75 Å². The van der Waals surface area contributed by atoms with Crippen molar-refractivity contribution in [2.45, 2.75) is 36.8 Å². The Morgan fingerprint density at radius 3 is 2.71 bits per heavy atom. The topological polar surface area (TPSA) is 55.6 Å². The molecule has 4 nitrogen and oxygen atoms in total. The lowest BCUT2D eigenvalue weighted by Crippen LogP contribution is -2.45. The molecule has 118 valence electrons. The van der Waals surface area contributed by atoms with Crippen molar-refractivity contribution in [3.8, 4) is 5.75 Å². The maximum atomic E-state index is 12.4. The summed E-state index contributed by atoms with van der Waals surface area (Å²) in [6, 6.07) is 7.97. The molecule has 1 saturated heterocycles. The first-order chi connectivity index (χ1) is 9.65. The molecule has 1 amide bonds. The van der Waals surface area contributed by atoms with E-state index < -0.39 is 6.10 Å². The van der Waals surface area contributed by atoms with Crippen LogP contribution in [0.15, 0.2) is 29.2 Å². The maximum Gasteiger partial charge on any atom is 0.263 e. The Hall–Kier alpha value is -0.910. The Labute approximate surface area is 136 Å². The third-order valence-corrected chi connectivity index (χ3v) is 4.40. The summed E-state index contributed by atoms with van der Waals surface area (Å²) in [5.74, 6) is 0.763. The zero-order valence-electron chi connectivity index (χ0n) is 12.5. The first kappa shape index (κ1) is 18.1. The lowest BCUT2D eigenvalue weighted by Gasteiger charge is -2.26. The van der Waals surface area contributed by atoms with E-state index in [0.29, 0.717) is 6.54 Å². The largest absolute Gasteiger partial charge is 0.481 e. The molecule has 0 radical (unpaired) electrons. The van der Waals surface area contributed by atoms with E-state index in [1.807, 2.05) is 35.4 Å². The van der Waals surface area contributed by atoms with Gasteiger partial charge < -0.3 is 15.4 Å². The van der Waals surface area contributed by atoms with Gasteiger partial charge in [-0.1, -0.05) is 0 Å². The van der Waals surface area contributed by atoms with Crippen molar-refractivity contribution in [1.29, 1.82) is 0 Å². The standard InChI is InChI=1S/C15H22N2O2S.ClH/c1-11(15(18)17-9-3-4-12(17)10-16)19-13-5-7-14(20-2)8-6-13;/h5-8,11-12H,3-4,9-10,16H2,1-2H3;1H. The molecule has 0 spiro atoms. The van der Waals surface area contributed by atoms with Gasteiger partial charge in [-0.3, -0.25) is 4.79 Å². The summed E-state index contributed by atoms with van der Waals surface area (Å²) in [5, 5.41) is 0. The van der Waals surface area contributed by atoms with E-state index in [0.717, 1.165) is 25.1 Å². The van der Waals surface area contributed by atoms with Crippen LogP contribution in [0, 0.1) is 0 Å². The summed E-state index contributed by atoms with van der Waals surface area (Å²) in [6.07, 6.45) is 3.59. The molecule has 0 bridgehead atoms. The molecule has 1 aliphatic heterocycles. The second kappa shape index (κ2) is 8.51. The fourth-order valence-corrected chi connectivity index (χ4v) is 2.92. The van der Waals surface area contributed by atoms with Gasteiger partial charge in [0.2, 0.25) is 0 Å². The third-order valence-electron chi connectivity index (χ3n) is 3.65. The molecule has 1 aromatic carbocycles. The van der Waals surface area contributed by atoms with Crippen LogP contribution in [0.1, 0.15) is 19.8 Å². The monoisotopic (exact) mass is 330 g/mol. The summed E-state index contributed by atoms with van der Waals surface area (Å²) in [6.45, 7) is 3.12. The summed E-state index contributed by atoms with van der Waals surface area (Å²) < 4.78 is 5.74. The normalized spacial score (nSPS) is 19.0. The van der Waals surface area contributed by atoms with Gasteiger partial charge >= 0.3 is 0 Å². The van der Waals surface area contributed by atoms with Crippen LogP contribution in [0.2, 0.25) is 0 Å². The van der Waals surface area contributed by atoms with E-state index in [4.69, 9.17) is 10.5 Å².